The van der Waals surface area contributed by atoms with Gasteiger partial charge in [-0.2, -0.15) is 0 Å². The average molecular weight is 153 g/mol. The summed E-state index contributed by atoms with van der Waals surface area (Å²) in [6.07, 6.45) is 1.22. The summed E-state index contributed by atoms with van der Waals surface area (Å²) in [5.74, 6) is 0.168. The Bertz CT molecular complexity index is 190. The summed E-state index contributed by atoms with van der Waals surface area (Å²) < 4.78 is 0. The molecule has 0 rings (SSSR count). The van der Waals surface area contributed by atoms with Gasteiger partial charge >= 0.3 is 0 Å². The van der Waals surface area contributed by atoms with Crippen LogP contribution in [0.2, 0.25) is 0 Å². The minimum Gasteiger partial charge on any atom is -0.505 e. The van der Waals surface area contributed by atoms with Gasteiger partial charge in [-0.25, -0.2) is 0 Å². The molecule has 0 saturated carbocycles. The van der Waals surface area contributed by atoms with Crippen LogP contribution in [-0.4, -0.2) is 11.1 Å². The number of rotatable bonds is 4. The Morgan fingerprint density at radius 2 is 2.27 bits per heavy atom. The molecule has 11 heavy (non-hydrogen) atoms. The Morgan fingerprint density at radius 3 is 2.64 bits per heavy atom. The predicted molar refractivity (Wildman–Crippen MR) is 47.3 cm³/mol. The fourth-order valence-corrected chi connectivity index (χ4v) is 0.627. The molecule has 1 unspecified atom stereocenters. The van der Waals surface area contributed by atoms with Crippen LogP contribution >= 0.6 is 0 Å². The molecule has 0 radical (unpaired) electrons. The Kier molecular flexibility index (Phi) is 4.35. The highest BCUT2D eigenvalue weighted by molar-refractivity contribution is 5.01. The lowest BCUT2D eigenvalue weighted by Crippen LogP contribution is -2.20. The van der Waals surface area contributed by atoms with Gasteiger partial charge in [-0.1, -0.05) is 24.5 Å². The van der Waals surface area contributed by atoms with Crippen molar-refractivity contribution in [2.45, 2.75) is 25.8 Å². The molecular weight excluding hydrogens is 138 g/mol. The summed E-state index contributed by atoms with van der Waals surface area (Å²) in [6, 6.07) is -0.0366. The van der Waals surface area contributed by atoms with Crippen molar-refractivity contribution in [3.05, 3.63) is 30.2 Å². The van der Waals surface area contributed by atoms with Crippen molar-refractivity contribution in [3.63, 3.8) is 0 Å². The van der Waals surface area contributed by atoms with Crippen molar-refractivity contribution in [1.82, 2.24) is 0 Å². The Balaban J connectivity index is 3.71. The zero-order chi connectivity index (χ0) is 8.85. The molecule has 0 aromatic rings. The highest BCUT2D eigenvalue weighted by atomic mass is 16.3. The van der Waals surface area contributed by atoms with Crippen LogP contribution in [0.25, 0.3) is 0 Å². The van der Waals surface area contributed by atoms with Gasteiger partial charge in [-0.15, -0.1) is 0 Å². The molecule has 2 heteroatoms. The molecule has 0 spiro atoms. The molecule has 0 heterocycles. The minimum atomic E-state index is -0.0366. The summed E-state index contributed by atoms with van der Waals surface area (Å²) in [5.41, 5.74) is 8.98. The molecule has 0 fully saturated rings. The quantitative estimate of drug-likeness (QED) is 0.368. The van der Waals surface area contributed by atoms with Crippen molar-refractivity contribution in [1.29, 1.82) is 0 Å². The second kappa shape index (κ2) is 4.78. The summed E-state index contributed by atoms with van der Waals surface area (Å²) in [6.45, 7) is 8.89. The highest BCUT2D eigenvalue weighted by Crippen LogP contribution is 2.06. The van der Waals surface area contributed by atoms with Crippen LogP contribution in [-0.2, 0) is 0 Å². The number of nitrogens with two attached hydrogens (primary N) is 1. The summed E-state index contributed by atoms with van der Waals surface area (Å²) in [7, 11) is 0. The van der Waals surface area contributed by atoms with E-state index < -0.39 is 0 Å². The molecule has 62 valence electrons. The maximum Gasteiger partial charge on any atom is 0.134 e. The first-order valence-electron chi connectivity index (χ1n) is 3.56. The van der Waals surface area contributed by atoms with Crippen molar-refractivity contribution < 1.29 is 5.11 Å². The summed E-state index contributed by atoms with van der Waals surface area (Å²) >= 11 is 0. The maximum absolute atomic E-state index is 8.95. The first kappa shape index (κ1) is 10.0. The van der Waals surface area contributed by atoms with Crippen LogP contribution in [0.5, 0.6) is 0 Å². The highest BCUT2D eigenvalue weighted by Gasteiger charge is 2.02. The fourth-order valence-electron chi connectivity index (χ4n) is 0.627. The number of allylic oxidation sites excluding steroid dienone is 1. The first-order valence-corrected chi connectivity index (χ1v) is 3.56. The van der Waals surface area contributed by atoms with Crippen molar-refractivity contribution >= 4 is 0 Å². The van der Waals surface area contributed by atoms with Crippen LogP contribution < -0.4 is 5.73 Å². The van der Waals surface area contributed by atoms with Crippen molar-refractivity contribution in [2.75, 3.05) is 0 Å². The normalized spacial score (nSPS) is 11.8. The molecule has 0 aliphatic heterocycles. The fraction of sp³-hybridized carbons (Fsp3) is 0.444. The number of hydrogen-bond donors (Lipinski definition) is 2. The minimum absolute atomic E-state index is 0.0366. The maximum atomic E-state index is 8.95. The largest absolute Gasteiger partial charge is 0.505 e. The second-order valence-electron chi connectivity index (χ2n) is 2.61. The van der Waals surface area contributed by atoms with E-state index in [1.165, 1.54) is 0 Å². The van der Waals surface area contributed by atoms with Gasteiger partial charge in [0, 0.05) is 12.5 Å². The van der Waals surface area contributed by atoms with Gasteiger partial charge in [0.1, 0.15) is 5.76 Å². The molecule has 0 saturated heterocycles. The molecule has 0 aliphatic rings. The molecule has 0 aromatic heterocycles. The molecule has 1 atom stereocenters. The number of aliphatic hydroxyl groups is 1. The third-order valence-corrected chi connectivity index (χ3v) is 1.53. The molecule has 0 bridgehead atoms. The first-order chi connectivity index (χ1) is 5.07. The molecule has 0 aromatic carbocycles. The number of aliphatic hydroxyl groups excluding tert-OH is 1. The molecular formula is C9H15NO. The van der Waals surface area contributed by atoms with Gasteiger partial charge in [0.05, 0.1) is 0 Å². The van der Waals surface area contributed by atoms with Crippen molar-refractivity contribution in [2.24, 2.45) is 5.73 Å². The van der Waals surface area contributed by atoms with Gasteiger partial charge in [-0.3, -0.25) is 0 Å². The van der Waals surface area contributed by atoms with Gasteiger partial charge < -0.3 is 10.8 Å². The Labute approximate surface area is 67.7 Å². The molecule has 0 aliphatic carbocycles. The van der Waals surface area contributed by atoms with Gasteiger partial charge in [0.2, 0.25) is 0 Å². The van der Waals surface area contributed by atoms with E-state index in [4.69, 9.17) is 10.8 Å². The summed E-state index contributed by atoms with van der Waals surface area (Å²) in [4.78, 5) is 0. The second-order valence-corrected chi connectivity index (χ2v) is 2.61. The van der Waals surface area contributed by atoms with Gasteiger partial charge in [0.25, 0.3) is 0 Å². The average Bonchev–Trinajstić information content (AvgIpc) is 1.99. The standard InChI is InChI=1S/C9H15NO/c1-4-8(11)5-6-9(10)7(2)3/h9,11H,1-2,5-6,10H2,3H3. The SMILES string of the molecule is C=C=C(O)CCC(N)C(=C)C. The third kappa shape index (κ3) is 4.43. The number of hydrogen-bond acceptors (Lipinski definition) is 2. The predicted octanol–water partition coefficient (Wildman–Crippen LogP) is 1.90. The zero-order valence-electron chi connectivity index (χ0n) is 6.93. The van der Waals surface area contributed by atoms with Gasteiger partial charge in [0.15, 0.2) is 0 Å². The topological polar surface area (TPSA) is 46.2 Å². The Morgan fingerprint density at radius 1 is 1.73 bits per heavy atom. The third-order valence-electron chi connectivity index (χ3n) is 1.53. The lowest BCUT2D eigenvalue weighted by molar-refractivity contribution is 0.381. The van der Waals surface area contributed by atoms with Crippen LogP contribution in [0, 0.1) is 0 Å². The Hall–Kier alpha value is -0.980. The molecule has 3 N–H and O–H groups in total. The van der Waals surface area contributed by atoms with Crippen LogP contribution in [0.1, 0.15) is 19.8 Å². The van der Waals surface area contributed by atoms with Crippen LogP contribution in [0.3, 0.4) is 0 Å². The van der Waals surface area contributed by atoms with E-state index in [-0.39, 0.29) is 11.8 Å². The van der Waals surface area contributed by atoms with E-state index >= 15 is 0 Å². The van der Waals surface area contributed by atoms with E-state index in [2.05, 4.69) is 18.9 Å². The monoisotopic (exact) mass is 153 g/mol. The van der Waals surface area contributed by atoms with E-state index in [0.717, 1.165) is 5.57 Å². The van der Waals surface area contributed by atoms with E-state index in [1.807, 2.05) is 6.92 Å². The van der Waals surface area contributed by atoms with E-state index in [0.29, 0.717) is 12.8 Å². The summed E-state index contributed by atoms with van der Waals surface area (Å²) in [5, 5.41) is 8.95. The van der Waals surface area contributed by atoms with Crippen LogP contribution in [0.4, 0.5) is 0 Å². The van der Waals surface area contributed by atoms with E-state index in [9.17, 15) is 0 Å². The van der Waals surface area contributed by atoms with E-state index in [1.54, 1.807) is 0 Å². The zero-order valence-corrected chi connectivity index (χ0v) is 6.93. The van der Waals surface area contributed by atoms with Gasteiger partial charge in [-0.05, 0) is 13.3 Å². The smallest absolute Gasteiger partial charge is 0.134 e. The lowest BCUT2D eigenvalue weighted by Gasteiger charge is -2.09. The van der Waals surface area contributed by atoms with Crippen LogP contribution in [0.15, 0.2) is 30.2 Å². The lowest BCUT2D eigenvalue weighted by atomic mass is 10.1. The van der Waals surface area contributed by atoms with Crippen molar-refractivity contribution in [3.8, 4) is 0 Å². The molecule has 0 amide bonds. The molecule has 2 nitrogen and oxygen atoms in total.